The standard InChI is InChI=1S/C21H23N3O3S2.ClH/c1-23(2)13-14-24(20(25)12-9-16-7-5-4-6-8-16)21-22-18-11-10-17(29(3,26)27)15-19(18)28-21;/h4-12,15H,13-14H2,1-3H3;1H/b12-9+;. The van der Waals surface area contributed by atoms with E-state index in [9.17, 15) is 13.2 Å². The van der Waals surface area contributed by atoms with Crippen molar-refractivity contribution in [1.29, 1.82) is 0 Å². The van der Waals surface area contributed by atoms with Crippen LogP contribution >= 0.6 is 23.7 Å². The lowest BCUT2D eigenvalue weighted by Gasteiger charge is -2.20. The third-order valence-corrected chi connectivity index (χ3v) is 6.41. The maximum absolute atomic E-state index is 12.9. The number of nitrogens with zero attached hydrogens (tertiary/aromatic N) is 3. The number of benzene rings is 2. The first-order valence-corrected chi connectivity index (χ1v) is 11.7. The molecule has 1 heterocycles. The average Bonchev–Trinajstić information content (AvgIpc) is 3.09. The van der Waals surface area contributed by atoms with Crippen LogP contribution in [0.25, 0.3) is 16.3 Å². The molecule has 0 aliphatic carbocycles. The van der Waals surface area contributed by atoms with Crippen LogP contribution in [-0.2, 0) is 14.6 Å². The van der Waals surface area contributed by atoms with Crippen LogP contribution in [-0.4, -0.2) is 57.6 Å². The largest absolute Gasteiger partial charge is 0.308 e. The smallest absolute Gasteiger partial charge is 0.252 e. The molecule has 0 N–H and O–H groups in total. The van der Waals surface area contributed by atoms with Crippen molar-refractivity contribution in [2.45, 2.75) is 4.90 Å². The van der Waals surface area contributed by atoms with Gasteiger partial charge in [-0.3, -0.25) is 9.69 Å². The number of hydrogen-bond donors (Lipinski definition) is 0. The van der Waals surface area contributed by atoms with Gasteiger partial charge >= 0.3 is 0 Å². The van der Waals surface area contributed by atoms with Crippen LogP contribution in [0, 0.1) is 0 Å². The minimum atomic E-state index is -3.30. The molecule has 1 aromatic heterocycles. The van der Waals surface area contributed by atoms with Crippen LogP contribution in [0.15, 0.2) is 59.5 Å². The molecule has 1 amide bonds. The molecule has 0 saturated heterocycles. The fourth-order valence-corrected chi connectivity index (χ4v) is 4.42. The summed E-state index contributed by atoms with van der Waals surface area (Å²) in [4.78, 5) is 21.4. The number of carbonyl (C=O) groups is 1. The summed E-state index contributed by atoms with van der Waals surface area (Å²) < 4.78 is 24.4. The van der Waals surface area contributed by atoms with Gasteiger partial charge in [-0.05, 0) is 43.9 Å². The summed E-state index contributed by atoms with van der Waals surface area (Å²) in [7, 11) is 0.585. The molecule has 2 aromatic carbocycles. The van der Waals surface area contributed by atoms with Crippen LogP contribution < -0.4 is 4.90 Å². The lowest BCUT2D eigenvalue weighted by Crippen LogP contribution is -2.35. The number of rotatable bonds is 7. The van der Waals surface area contributed by atoms with Gasteiger partial charge < -0.3 is 4.90 Å². The number of aromatic nitrogens is 1. The maximum Gasteiger partial charge on any atom is 0.252 e. The predicted octanol–water partition coefficient (Wildman–Crippen LogP) is 3.73. The Bertz CT molecular complexity index is 1140. The Hall–Kier alpha value is -2.26. The van der Waals surface area contributed by atoms with E-state index in [0.717, 1.165) is 10.3 Å². The van der Waals surface area contributed by atoms with E-state index in [1.165, 1.54) is 17.6 Å². The summed E-state index contributed by atoms with van der Waals surface area (Å²) in [5.41, 5.74) is 1.61. The summed E-state index contributed by atoms with van der Waals surface area (Å²) in [6, 6.07) is 14.5. The summed E-state index contributed by atoms with van der Waals surface area (Å²) in [6.07, 6.45) is 4.50. The summed E-state index contributed by atoms with van der Waals surface area (Å²) in [6.45, 7) is 1.15. The minimum absolute atomic E-state index is 0. The Labute approximate surface area is 187 Å². The molecule has 3 aromatic rings. The van der Waals surface area contributed by atoms with E-state index in [-0.39, 0.29) is 23.2 Å². The first kappa shape index (κ1) is 24.0. The molecule has 0 atom stereocenters. The molecule has 0 bridgehead atoms. The monoisotopic (exact) mass is 465 g/mol. The number of carbonyl (C=O) groups excluding carboxylic acids is 1. The van der Waals surface area contributed by atoms with Gasteiger partial charge in [-0.25, -0.2) is 13.4 Å². The summed E-state index contributed by atoms with van der Waals surface area (Å²) >= 11 is 1.31. The SMILES string of the molecule is CN(C)CCN(C(=O)/C=C/c1ccccc1)c1nc2ccc(S(C)(=O)=O)cc2s1.Cl. The number of thiazole rings is 1. The normalized spacial score (nSPS) is 11.7. The number of sulfone groups is 1. The zero-order chi connectivity index (χ0) is 21.0. The van der Waals surface area contributed by atoms with E-state index in [4.69, 9.17) is 0 Å². The molecule has 9 heteroatoms. The van der Waals surface area contributed by atoms with Gasteiger partial charge in [0.2, 0.25) is 0 Å². The second kappa shape index (κ2) is 10.2. The summed E-state index contributed by atoms with van der Waals surface area (Å²) in [5.74, 6) is -0.168. The summed E-state index contributed by atoms with van der Waals surface area (Å²) in [5, 5.41) is 0.551. The van der Waals surface area contributed by atoms with Crippen molar-refractivity contribution in [1.82, 2.24) is 9.88 Å². The molecule has 0 saturated carbocycles. The lowest BCUT2D eigenvalue weighted by molar-refractivity contribution is -0.114. The molecule has 30 heavy (non-hydrogen) atoms. The zero-order valence-electron chi connectivity index (χ0n) is 17.0. The van der Waals surface area contributed by atoms with E-state index in [1.807, 2.05) is 49.3 Å². The Morgan fingerprint density at radius 2 is 1.80 bits per heavy atom. The second-order valence-corrected chi connectivity index (χ2v) is 9.96. The number of fused-ring (bicyclic) bond motifs is 1. The van der Waals surface area contributed by atoms with Gasteiger partial charge in [0.15, 0.2) is 15.0 Å². The molecule has 0 fully saturated rings. The van der Waals surface area contributed by atoms with Gasteiger partial charge in [0, 0.05) is 25.4 Å². The molecule has 0 radical (unpaired) electrons. The molecule has 0 aliphatic heterocycles. The van der Waals surface area contributed by atoms with Crippen LogP contribution in [0.2, 0.25) is 0 Å². The van der Waals surface area contributed by atoms with E-state index >= 15 is 0 Å². The van der Waals surface area contributed by atoms with Crippen LogP contribution in [0.4, 0.5) is 5.13 Å². The van der Waals surface area contributed by atoms with Crippen molar-refractivity contribution in [2.24, 2.45) is 0 Å². The average molecular weight is 466 g/mol. The van der Waals surface area contributed by atoms with Crippen LogP contribution in [0.1, 0.15) is 5.56 Å². The first-order chi connectivity index (χ1) is 13.7. The topological polar surface area (TPSA) is 70.6 Å². The highest BCUT2D eigenvalue weighted by Gasteiger charge is 2.19. The van der Waals surface area contributed by atoms with Crippen molar-refractivity contribution in [2.75, 3.05) is 38.3 Å². The van der Waals surface area contributed by atoms with Crippen molar-refractivity contribution in [3.63, 3.8) is 0 Å². The molecule has 0 unspecified atom stereocenters. The van der Waals surface area contributed by atoms with Crippen molar-refractivity contribution >= 4 is 60.9 Å². The Morgan fingerprint density at radius 1 is 1.10 bits per heavy atom. The van der Waals surface area contributed by atoms with E-state index in [0.29, 0.717) is 23.7 Å². The number of halogens is 1. The van der Waals surface area contributed by atoms with Gasteiger partial charge in [-0.2, -0.15) is 0 Å². The van der Waals surface area contributed by atoms with E-state index in [1.54, 1.807) is 35.3 Å². The fourth-order valence-electron chi connectivity index (χ4n) is 2.66. The highest BCUT2D eigenvalue weighted by Crippen LogP contribution is 2.31. The fraction of sp³-hybridized carbons (Fsp3) is 0.238. The lowest BCUT2D eigenvalue weighted by atomic mass is 10.2. The number of hydrogen-bond acceptors (Lipinski definition) is 6. The van der Waals surface area contributed by atoms with Crippen molar-refractivity contribution in [3.05, 3.63) is 60.2 Å². The van der Waals surface area contributed by atoms with Gasteiger partial charge in [-0.15, -0.1) is 12.4 Å². The van der Waals surface area contributed by atoms with Gasteiger partial charge in [-0.1, -0.05) is 41.7 Å². The third kappa shape index (κ3) is 6.12. The van der Waals surface area contributed by atoms with Crippen LogP contribution in [0.5, 0.6) is 0 Å². The third-order valence-electron chi connectivity index (χ3n) is 4.26. The number of amides is 1. The molecular formula is C21H24ClN3O3S2. The zero-order valence-corrected chi connectivity index (χ0v) is 19.4. The van der Waals surface area contributed by atoms with Gasteiger partial charge in [0.25, 0.3) is 5.91 Å². The van der Waals surface area contributed by atoms with Crippen molar-refractivity contribution < 1.29 is 13.2 Å². The predicted molar refractivity (Wildman–Crippen MR) is 126 cm³/mol. The Kier molecular flexibility index (Phi) is 8.14. The highest BCUT2D eigenvalue weighted by atomic mass is 35.5. The highest BCUT2D eigenvalue weighted by molar-refractivity contribution is 7.90. The van der Waals surface area contributed by atoms with E-state index in [2.05, 4.69) is 4.98 Å². The quantitative estimate of drug-likeness (QED) is 0.497. The van der Waals surface area contributed by atoms with E-state index < -0.39 is 9.84 Å². The minimum Gasteiger partial charge on any atom is -0.308 e. The van der Waals surface area contributed by atoms with Crippen molar-refractivity contribution in [3.8, 4) is 0 Å². The number of anilines is 1. The molecule has 0 spiro atoms. The molecular weight excluding hydrogens is 442 g/mol. The van der Waals surface area contributed by atoms with Gasteiger partial charge in [0.1, 0.15) is 0 Å². The molecule has 160 valence electrons. The molecule has 6 nitrogen and oxygen atoms in total. The first-order valence-electron chi connectivity index (χ1n) is 9.04. The molecule has 0 aliphatic rings. The Morgan fingerprint density at radius 3 is 2.43 bits per heavy atom. The maximum atomic E-state index is 12.9. The molecule has 3 rings (SSSR count). The van der Waals surface area contributed by atoms with Crippen LogP contribution in [0.3, 0.4) is 0 Å². The van der Waals surface area contributed by atoms with Gasteiger partial charge in [0.05, 0.1) is 15.1 Å². The second-order valence-electron chi connectivity index (χ2n) is 6.94. The number of likely N-dealkylation sites (N-methyl/N-ethyl adjacent to an activating group) is 1. The Balaban J connectivity index is 0.00000320.